The van der Waals surface area contributed by atoms with E-state index in [1.54, 1.807) is 39.9 Å². The molecule has 2 fully saturated rings. The molecule has 0 bridgehead atoms. The molecule has 0 radical (unpaired) electrons. The van der Waals surface area contributed by atoms with Crippen LogP contribution in [-0.4, -0.2) is 67.9 Å². The van der Waals surface area contributed by atoms with E-state index in [4.69, 9.17) is 20.3 Å². The van der Waals surface area contributed by atoms with Gasteiger partial charge in [-0.2, -0.15) is 10.4 Å². The molecular formula is C32H33FN8O3. The minimum Gasteiger partial charge on any atom is -0.457 e. The highest BCUT2D eigenvalue weighted by Gasteiger charge is 2.34. The molecule has 2 aromatic heterocycles. The van der Waals surface area contributed by atoms with Crippen molar-refractivity contribution in [3.63, 3.8) is 0 Å². The summed E-state index contributed by atoms with van der Waals surface area (Å²) in [6, 6.07) is 15.7. The number of hydrogen-bond donors (Lipinski definition) is 2. The summed E-state index contributed by atoms with van der Waals surface area (Å²) in [5.41, 5.74) is 6.71. The second kappa shape index (κ2) is 12.0. The number of nitriles is 1. The van der Waals surface area contributed by atoms with Crippen molar-refractivity contribution in [3.8, 4) is 28.8 Å². The van der Waals surface area contributed by atoms with Crippen LogP contribution < -0.4 is 15.8 Å². The Labute approximate surface area is 254 Å². The first kappa shape index (κ1) is 29.2. The molecule has 44 heavy (non-hydrogen) atoms. The first-order chi connectivity index (χ1) is 21.2. The number of carbonyl (C=O) groups excluding carboxylic acids is 1. The van der Waals surface area contributed by atoms with Crippen LogP contribution in [0.1, 0.15) is 26.7 Å². The number of nitrogens with two attached hydrogens (primary N) is 1. The van der Waals surface area contributed by atoms with Crippen molar-refractivity contribution in [1.29, 1.82) is 5.26 Å². The maximum absolute atomic E-state index is 15.5. The highest BCUT2D eigenvalue weighted by molar-refractivity contribution is 5.99. The van der Waals surface area contributed by atoms with Gasteiger partial charge < -0.3 is 25.4 Å². The van der Waals surface area contributed by atoms with Crippen molar-refractivity contribution in [2.24, 2.45) is 0 Å². The number of halogens is 1. The monoisotopic (exact) mass is 596 g/mol. The van der Waals surface area contributed by atoms with Crippen LogP contribution >= 0.6 is 0 Å². The van der Waals surface area contributed by atoms with E-state index in [-0.39, 0.29) is 41.5 Å². The van der Waals surface area contributed by atoms with E-state index < -0.39 is 11.4 Å². The summed E-state index contributed by atoms with van der Waals surface area (Å²) < 4.78 is 28.2. The summed E-state index contributed by atoms with van der Waals surface area (Å²) in [5, 5.41) is 18.5. The van der Waals surface area contributed by atoms with Crippen molar-refractivity contribution in [2.45, 2.75) is 50.9 Å². The lowest BCUT2D eigenvalue weighted by molar-refractivity contribution is -0.127. The van der Waals surface area contributed by atoms with Gasteiger partial charge in [-0.05, 0) is 57.0 Å². The molecule has 6 rings (SSSR count). The van der Waals surface area contributed by atoms with Crippen molar-refractivity contribution in [1.82, 2.24) is 30.0 Å². The number of nitrogen functional groups attached to an aromatic ring is 1. The number of anilines is 1. The van der Waals surface area contributed by atoms with Crippen LogP contribution in [0.15, 0.2) is 66.5 Å². The molecule has 2 aromatic carbocycles. The molecule has 1 atom stereocenters. The third-order valence-corrected chi connectivity index (χ3v) is 7.83. The normalized spacial score (nSPS) is 17.5. The first-order valence-electron chi connectivity index (χ1n) is 14.5. The quantitative estimate of drug-likeness (QED) is 0.214. The van der Waals surface area contributed by atoms with Crippen LogP contribution in [0.5, 0.6) is 11.5 Å². The fourth-order valence-corrected chi connectivity index (χ4v) is 5.76. The number of ether oxygens (including phenoxy) is 2. The van der Waals surface area contributed by atoms with E-state index >= 15 is 4.39 Å². The molecule has 2 saturated heterocycles. The predicted molar refractivity (Wildman–Crippen MR) is 162 cm³/mol. The molecule has 4 aromatic rings. The summed E-state index contributed by atoms with van der Waals surface area (Å²) >= 11 is 0. The number of benzene rings is 2. The number of likely N-dealkylation sites (tertiary alicyclic amines) is 1. The van der Waals surface area contributed by atoms with Gasteiger partial charge >= 0.3 is 0 Å². The van der Waals surface area contributed by atoms with E-state index in [2.05, 4.69) is 21.4 Å². The average molecular weight is 597 g/mol. The van der Waals surface area contributed by atoms with Gasteiger partial charge in [-0.1, -0.05) is 18.2 Å². The van der Waals surface area contributed by atoms with Crippen LogP contribution in [0.25, 0.3) is 22.3 Å². The Kier molecular flexibility index (Phi) is 7.99. The molecule has 4 heterocycles. The Morgan fingerprint density at radius 3 is 2.73 bits per heavy atom. The summed E-state index contributed by atoms with van der Waals surface area (Å²) in [6.07, 6.45) is 4.51. The smallest absolute Gasteiger partial charge is 0.264 e. The van der Waals surface area contributed by atoms with Crippen molar-refractivity contribution in [3.05, 3.63) is 72.3 Å². The Morgan fingerprint density at radius 2 is 2.02 bits per heavy atom. The molecule has 12 heteroatoms. The Bertz CT molecular complexity index is 1760. The van der Waals surface area contributed by atoms with Crippen molar-refractivity contribution in [2.75, 3.05) is 25.5 Å². The number of fused-ring (bicyclic) bond motifs is 1. The number of para-hydroxylation sites is 1. The minimum atomic E-state index is -0.572. The maximum Gasteiger partial charge on any atom is 0.264 e. The third kappa shape index (κ3) is 5.97. The average Bonchev–Trinajstić information content (AvgIpc) is 3.60. The summed E-state index contributed by atoms with van der Waals surface area (Å²) in [4.78, 5) is 23.9. The second-order valence-corrected chi connectivity index (χ2v) is 11.6. The number of aromatic nitrogens is 4. The zero-order valence-corrected chi connectivity index (χ0v) is 24.5. The van der Waals surface area contributed by atoms with Crippen LogP contribution in [0, 0.1) is 17.1 Å². The molecule has 0 saturated carbocycles. The fourth-order valence-electron chi connectivity index (χ4n) is 5.76. The Morgan fingerprint density at radius 1 is 1.23 bits per heavy atom. The summed E-state index contributed by atoms with van der Waals surface area (Å²) in [5.74, 6) is 0.219. The molecule has 11 nitrogen and oxygen atoms in total. The van der Waals surface area contributed by atoms with Gasteiger partial charge in [0.15, 0.2) is 5.65 Å². The molecule has 226 valence electrons. The third-order valence-electron chi connectivity index (χ3n) is 7.83. The van der Waals surface area contributed by atoms with E-state index in [1.165, 1.54) is 12.4 Å². The largest absolute Gasteiger partial charge is 0.457 e. The molecule has 0 aliphatic carbocycles. The molecule has 0 spiro atoms. The van der Waals surface area contributed by atoms with Crippen molar-refractivity contribution >= 4 is 22.8 Å². The van der Waals surface area contributed by atoms with Gasteiger partial charge in [0.25, 0.3) is 5.91 Å². The van der Waals surface area contributed by atoms with Crippen LogP contribution in [0.3, 0.4) is 0 Å². The van der Waals surface area contributed by atoms with Gasteiger partial charge in [0.1, 0.15) is 46.8 Å². The highest BCUT2D eigenvalue weighted by atomic mass is 19.1. The van der Waals surface area contributed by atoms with E-state index in [0.29, 0.717) is 54.4 Å². The second-order valence-electron chi connectivity index (χ2n) is 11.6. The van der Waals surface area contributed by atoms with Crippen LogP contribution in [0.2, 0.25) is 0 Å². The summed E-state index contributed by atoms with van der Waals surface area (Å²) in [6.45, 7) is 5.86. The summed E-state index contributed by atoms with van der Waals surface area (Å²) in [7, 11) is 0. The van der Waals surface area contributed by atoms with Gasteiger partial charge in [-0.15, -0.1) is 0 Å². The standard InChI is InChI=1S/C32H33FN8O3/c1-32(2,38-21-17-43-18-21)14-20(15-34)31(42)40-12-6-7-22(40)16-41-30-27(29(35)36-19-37-30)28(39-41)25-11-10-24(13-26(25)33)44-23-8-4-3-5-9-23/h3-5,8-11,13-14,19,21-22,38H,6-7,12,16-18H2,1-2H3,(H2,35,36,37)/t22-/m1/s1. The number of hydrogen-bond acceptors (Lipinski definition) is 9. The predicted octanol–water partition coefficient (Wildman–Crippen LogP) is 4.21. The zero-order chi connectivity index (χ0) is 30.8. The van der Waals surface area contributed by atoms with Gasteiger partial charge in [0.2, 0.25) is 0 Å². The van der Waals surface area contributed by atoms with Crippen LogP contribution in [-0.2, 0) is 16.1 Å². The fraction of sp³-hybridized carbons (Fsp3) is 0.344. The van der Waals surface area contributed by atoms with Gasteiger partial charge in [0.05, 0.1) is 37.2 Å². The number of rotatable bonds is 9. The van der Waals surface area contributed by atoms with E-state index in [9.17, 15) is 10.1 Å². The Balaban J connectivity index is 1.27. The lowest BCUT2D eigenvalue weighted by atomic mass is 9.98. The van der Waals surface area contributed by atoms with E-state index in [1.807, 2.05) is 32.0 Å². The topological polar surface area (TPSA) is 144 Å². The number of carbonyl (C=O) groups is 1. The number of nitrogens with zero attached hydrogens (tertiary/aromatic N) is 6. The molecule has 2 aliphatic rings. The van der Waals surface area contributed by atoms with E-state index in [0.717, 1.165) is 6.42 Å². The van der Waals surface area contributed by atoms with Crippen LogP contribution in [0.4, 0.5) is 10.2 Å². The maximum atomic E-state index is 15.5. The van der Waals surface area contributed by atoms with Gasteiger partial charge in [-0.3, -0.25) is 4.79 Å². The number of amides is 1. The number of nitrogens with one attached hydrogen (secondary N) is 1. The molecule has 3 N–H and O–H groups in total. The molecule has 0 unspecified atom stereocenters. The lowest BCUT2D eigenvalue weighted by Crippen LogP contribution is -2.54. The molecular weight excluding hydrogens is 563 g/mol. The SMILES string of the molecule is CC(C)(C=C(C#N)C(=O)N1CCC[C@@H]1Cn1nc(-c2ccc(Oc3ccccc3)cc2F)c2c(N)ncnc21)NC1COC1. The first-order valence-corrected chi connectivity index (χ1v) is 14.5. The van der Waals surface area contributed by atoms with Gasteiger partial charge in [-0.25, -0.2) is 19.0 Å². The highest BCUT2D eigenvalue weighted by Crippen LogP contribution is 2.35. The zero-order valence-electron chi connectivity index (χ0n) is 24.5. The Hall–Kier alpha value is -4.86. The van der Waals surface area contributed by atoms with Gasteiger partial charge in [0, 0.05) is 23.7 Å². The minimum absolute atomic E-state index is 0.0760. The molecule has 1 amide bonds. The van der Waals surface area contributed by atoms with Crippen molar-refractivity contribution < 1.29 is 18.7 Å². The lowest BCUT2D eigenvalue weighted by Gasteiger charge is -2.35. The molecule has 2 aliphatic heterocycles.